The fourth-order valence-corrected chi connectivity index (χ4v) is 6.20. The summed E-state index contributed by atoms with van der Waals surface area (Å²) in [6.45, 7) is 4.73. The van der Waals surface area contributed by atoms with Gasteiger partial charge in [-0.25, -0.2) is 8.78 Å². The fraction of sp³-hybridized carbons (Fsp3) is 0.294. The fourth-order valence-electron chi connectivity index (χ4n) is 6.20. The van der Waals surface area contributed by atoms with E-state index in [2.05, 4.69) is 39.5 Å². The van der Waals surface area contributed by atoms with Crippen molar-refractivity contribution in [3.63, 3.8) is 0 Å². The SMILES string of the molecule is CC(=O)NCC1(c2ccccc2)CCN(CCC(c2ccc(F)cc2)(c2ccc(F)cc2)c2cccnc2)CC1. The number of nitrogens with one attached hydrogen (secondary N) is 1. The Labute approximate surface area is 235 Å². The molecule has 1 aliphatic heterocycles. The van der Waals surface area contributed by atoms with E-state index >= 15 is 0 Å². The number of hydrogen-bond acceptors (Lipinski definition) is 3. The third kappa shape index (κ3) is 5.82. The van der Waals surface area contributed by atoms with Crippen LogP contribution in [-0.2, 0) is 15.6 Å². The molecule has 1 aromatic heterocycles. The second-order valence-electron chi connectivity index (χ2n) is 10.8. The van der Waals surface area contributed by atoms with Crippen LogP contribution in [0.1, 0.15) is 48.4 Å². The normalized spacial score (nSPS) is 15.5. The first kappa shape index (κ1) is 27.7. The van der Waals surface area contributed by atoms with Crippen molar-refractivity contribution in [2.75, 3.05) is 26.2 Å². The lowest BCUT2D eigenvalue weighted by molar-refractivity contribution is -0.119. The molecule has 0 bridgehead atoms. The van der Waals surface area contributed by atoms with E-state index in [1.165, 1.54) is 29.8 Å². The highest BCUT2D eigenvalue weighted by Gasteiger charge is 2.40. The molecule has 0 radical (unpaired) electrons. The van der Waals surface area contributed by atoms with Gasteiger partial charge in [-0.05, 0) is 91.5 Å². The third-order valence-corrected chi connectivity index (χ3v) is 8.51. The molecule has 1 fully saturated rings. The molecular formula is C34H35F2N3O. The number of aromatic nitrogens is 1. The summed E-state index contributed by atoms with van der Waals surface area (Å²) in [6, 6.07) is 27.7. The maximum atomic E-state index is 14.0. The summed E-state index contributed by atoms with van der Waals surface area (Å²) >= 11 is 0. The average molecular weight is 540 g/mol. The van der Waals surface area contributed by atoms with Crippen molar-refractivity contribution in [3.05, 3.63) is 137 Å². The molecular weight excluding hydrogens is 504 g/mol. The zero-order valence-corrected chi connectivity index (χ0v) is 22.8. The van der Waals surface area contributed by atoms with Crippen molar-refractivity contribution in [1.82, 2.24) is 15.2 Å². The van der Waals surface area contributed by atoms with E-state index in [4.69, 9.17) is 0 Å². The molecule has 4 aromatic rings. The van der Waals surface area contributed by atoms with E-state index in [1.54, 1.807) is 13.1 Å². The van der Waals surface area contributed by atoms with Gasteiger partial charge < -0.3 is 10.2 Å². The number of halogens is 2. The second-order valence-corrected chi connectivity index (χ2v) is 10.8. The first-order valence-electron chi connectivity index (χ1n) is 13.9. The molecule has 1 N–H and O–H groups in total. The Morgan fingerprint density at radius 2 is 1.45 bits per heavy atom. The monoisotopic (exact) mass is 539 g/mol. The Balaban J connectivity index is 1.45. The molecule has 1 aliphatic rings. The van der Waals surface area contributed by atoms with Gasteiger partial charge in [0, 0.05) is 36.7 Å². The Hall–Kier alpha value is -3.90. The number of piperidine rings is 1. The van der Waals surface area contributed by atoms with Crippen molar-refractivity contribution in [2.45, 2.75) is 37.0 Å². The van der Waals surface area contributed by atoms with Crippen LogP contribution in [0.3, 0.4) is 0 Å². The summed E-state index contributed by atoms with van der Waals surface area (Å²) in [5, 5.41) is 3.07. The minimum absolute atomic E-state index is 0.0161. The zero-order valence-electron chi connectivity index (χ0n) is 22.8. The molecule has 0 aliphatic carbocycles. The minimum Gasteiger partial charge on any atom is -0.355 e. The van der Waals surface area contributed by atoms with Gasteiger partial charge in [0.2, 0.25) is 5.91 Å². The second kappa shape index (κ2) is 12.1. The number of carbonyl (C=O) groups is 1. The van der Waals surface area contributed by atoms with Crippen molar-refractivity contribution in [1.29, 1.82) is 0 Å². The van der Waals surface area contributed by atoms with Gasteiger partial charge in [-0.3, -0.25) is 9.78 Å². The Morgan fingerprint density at radius 3 is 1.98 bits per heavy atom. The lowest BCUT2D eigenvalue weighted by Crippen LogP contribution is -2.49. The molecule has 1 amide bonds. The molecule has 0 atom stereocenters. The number of benzene rings is 3. The molecule has 1 saturated heterocycles. The molecule has 0 spiro atoms. The molecule has 4 nitrogen and oxygen atoms in total. The number of likely N-dealkylation sites (tertiary alicyclic amines) is 1. The smallest absolute Gasteiger partial charge is 0.216 e. The van der Waals surface area contributed by atoms with Crippen LogP contribution in [0.2, 0.25) is 0 Å². The molecule has 6 heteroatoms. The van der Waals surface area contributed by atoms with Crippen molar-refractivity contribution in [2.24, 2.45) is 0 Å². The Morgan fingerprint density at radius 1 is 0.850 bits per heavy atom. The van der Waals surface area contributed by atoms with Crippen LogP contribution in [0, 0.1) is 11.6 Å². The lowest BCUT2D eigenvalue weighted by atomic mass is 9.67. The van der Waals surface area contributed by atoms with Crippen LogP contribution in [-0.4, -0.2) is 42.0 Å². The van der Waals surface area contributed by atoms with Crippen LogP contribution in [0.5, 0.6) is 0 Å². The van der Waals surface area contributed by atoms with Crippen molar-refractivity contribution in [3.8, 4) is 0 Å². The van der Waals surface area contributed by atoms with Gasteiger partial charge in [0.05, 0.1) is 0 Å². The van der Waals surface area contributed by atoms with Crippen LogP contribution < -0.4 is 5.32 Å². The van der Waals surface area contributed by atoms with E-state index in [-0.39, 0.29) is 23.0 Å². The third-order valence-electron chi connectivity index (χ3n) is 8.51. The lowest BCUT2D eigenvalue weighted by Gasteiger charge is -2.44. The number of amides is 1. The summed E-state index contributed by atoms with van der Waals surface area (Å²) in [5.41, 5.74) is 3.36. The van der Waals surface area contributed by atoms with Crippen LogP contribution in [0.4, 0.5) is 8.78 Å². The first-order valence-corrected chi connectivity index (χ1v) is 13.9. The van der Waals surface area contributed by atoms with Gasteiger partial charge in [0.1, 0.15) is 11.6 Å². The molecule has 3 aromatic carbocycles. The van der Waals surface area contributed by atoms with Gasteiger partial charge in [-0.2, -0.15) is 0 Å². The molecule has 0 unspecified atom stereocenters. The quantitative estimate of drug-likeness (QED) is 0.273. The average Bonchev–Trinajstić information content (AvgIpc) is 2.99. The zero-order chi connectivity index (χ0) is 28.0. The summed E-state index contributed by atoms with van der Waals surface area (Å²) in [5.74, 6) is -0.608. The summed E-state index contributed by atoms with van der Waals surface area (Å²) < 4.78 is 28.1. The maximum absolute atomic E-state index is 14.0. The van der Waals surface area contributed by atoms with Gasteiger partial charge in [0.25, 0.3) is 0 Å². The Kier molecular flexibility index (Phi) is 8.36. The predicted molar refractivity (Wildman–Crippen MR) is 154 cm³/mol. The van der Waals surface area contributed by atoms with E-state index in [0.29, 0.717) is 13.0 Å². The minimum atomic E-state index is -0.639. The largest absolute Gasteiger partial charge is 0.355 e. The van der Waals surface area contributed by atoms with Gasteiger partial charge in [0.15, 0.2) is 0 Å². The Bertz CT molecular complexity index is 1340. The molecule has 5 rings (SSSR count). The number of pyridine rings is 1. The van der Waals surface area contributed by atoms with E-state index in [9.17, 15) is 13.6 Å². The molecule has 40 heavy (non-hydrogen) atoms. The number of carbonyl (C=O) groups excluding carboxylic acids is 1. The summed E-state index contributed by atoms with van der Waals surface area (Å²) in [7, 11) is 0. The van der Waals surface area contributed by atoms with Gasteiger partial charge >= 0.3 is 0 Å². The summed E-state index contributed by atoms with van der Waals surface area (Å²) in [4.78, 5) is 18.7. The van der Waals surface area contributed by atoms with E-state index in [1.807, 2.05) is 48.7 Å². The van der Waals surface area contributed by atoms with Gasteiger partial charge in [-0.1, -0.05) is 60.7 Å². The number of hydrogen-bond donors (Lipinski definition) is 1. The van der Waals surface area contributed by atoms with Crippen LogP contribution in [0.25, 0.3) is 0 Å². The topological polar surface area (TPSA) is 45.2 Å². The van der Waals surface area contributed by atoms with Crippen molar-refractivity contribution < 1.29 is 13.6 Å². The molecule has 0 saturated carbocycles. The highest BCUT2D eigenvalue weighted by molar-refractivity contribution is 5.73. The van der Waals surface area contributed by atoms with E-state index < -0.39 is 5.41 Å². The summed E-state index contributed by atoms with van der Waals surface area (Å²) in [6.07, 6.45) is 6.15. The standard InChI is InChI=1S/C34H35F2N3O/c1-26(40)38-25-33(27-6-3-2-4-7-27)17-21-39(22-18-33)23-19-34(30-8-5-20-37-24-30,28-9-13-31(35)14-10-28)29-11-15-32(36)16-12-29/h2-16,20,24H,17-19,21-23,25H2,1H3,(H,38,40). The predicted octanol–water partition coefficient (Wildman–Crippen LogP) is 6.25. The molecule has 206 valence electrons. The van der Waals surface area contributed by atoms with Crippen LogP contribution >= 0.6 is 0 Å². The number of rotatable bonds is 9. The van der Waals surface area contributed by atoms with Crippen molar-refractivity contribution >= 4 is 5.91 Å². The first-order chi connectivity index (χ1) is 19.4. The molecule has 2 heterocycles. The van der Waals surface area contributed by atoms with E-state index in [0.717, 1.165) is 49.2 Å². The highest BCUT2D eigenvalue weighted by Crippen LogP contribution is 2.43. The van der Waals surface area contributed by atoms with Crippen LogP contribution in [0.15, 0.2) is 103 Å². The highest BCUT2D eigenvalue weighted by atomic mass is 19.1. The maximum Gasteiger partial charge on any atom is 0.216 e. The van der Waals surface area contributed by atoms with Gasteiger partial charge in [-0.15, -0.1) is 0 Å². The number of nitrogens with zero attached hydrogens (tertiary/aromatic N) is 2.